The van der Waals surface area contributed by atoms with Crippen molar-refractivity contribution in [3.8, 4) is 11.3 Å². The number of imidazole rings is 1. The van der Waals surface area contributed by atoms with Gasteiger partial charge in [0.1, 0.15) is 5.52 Å². The Labute approximate surface area is 186 Å². The fourth-order valence-corrected chi connectivity index (χ4v) is 4.78. The minimum absolute atomic E-state index is 0.258. The molecule has 0 amide bonds. The molecule has 3 aromatic heterocycles. The van der Waals surface area contributed by atoms with Crippen molar-refractivity contribution in [2.75, 3.05) is 26.0 Å². The van der Waals surface area contributed by atoms with E-state index in [9.17, 15) is 0 Å². The highest BCUT2D eigenvalue weighted by molar-refractivity contribution is 5.81. The molecular weight excluding hydrogens is 407 g/mol. The maximum absolute atomic E-state index is 15.0. The Morgan fingerprint density at radius 3 is 2.44 bits per heavy atom. The Kier molecular flexibility index (Phi) is 5.12. The molecule has 168 valence electrons. The molecule has 0 radical (unpaired) electrons. The van der Waals surface area contributed by atoms with Crippen molar-refractivity contribution in [3.63, 3.8) is 0 Å². The first-order chi connectivity index (χ1) is 15.3. The van der Waals surface area contributed by atoms with Crippen LogP contribution < -0.4 is 4.90 Å². The molecule has 1 aliphatic carbocycles. The molecule has 0 bridgehead atoms. The number of halogens is 1. The molecule has 3 heterocycles. The maximum atomic E-state index is 15.0. The van der Waals surface area contributed by atoms with E-state index in [1.54, 1.807) is 4.52 Å². The molecule has 7 nitrogen and oxygen atoms in total. The lowest BCUT2D eigenvalue weighted by Crippen LogP contribution is -2.40. The van der Waals surface area contributed by atoms with Gasteiger partial charge in [0.2, 0.25) is 0 Å². The molecule has 0 saturated heterocycles. The van der Waals surface area contributed by atoms with Gasteiger partial charge in [0.25, 0.3) is 6.01 Å². The Morgan fingerprint density at radius 1 is 1.00 bits per heavy atom. The molecule has 1 saturated carbocycles. The van der Waals surface area contributed by atoms with Crippen LogP contribution in [0.3, 0.4) is 0 Å². The van der Waals surface area contributed by atoms with Crippen molar-refractivity contribution >= 4 is 22.8 Å². The third-order valence-electron chi connectivity index (χ3n) is 6.71. The van der Waals surface area contributed by atoms with Crippen molar-refractivity contribution in [3.05, 3.63) is 41.5 Å². The smallest absolute Gasteiger partial charge is 0.298 e. The van der Waals surface area contributed by atoms with Crippen LogP contribution in [0.4, 0.5) is 10.4 Å². The molecule has 4 aromatic rings. The molecule has 1 fully saturated rings. The summed E-state index contributed by atoms with van der Waals surface area (Å²) in [4.78, 5) is 13.3. The number of oxazole rings is 1. The van der Waals surface area contributed by atoms with Crippen LogP contribution >= 0.6 is 0 Å². The zero-order valence-corrected chi connectivity index (χ0v) is 19.3. The summed E-state index contributed by atoms with van der Waals surface area (Å²) in [6.07, 6.45) is 6.29. The second-order valence-electron chi connectivity index (χ2n) is 9.20. The van der Waals surface area contributed by atoms with Gasteiger partial charge < -0.3 is 14.2 Å². The number of aromatic nitrogens is 4. The minimum Gasteiger partial charge on any atom is -0.423 e. The Hall–Kier alpha value is -3.00. The fourth-order valence-electron chi connectivity index (χ4n) is 4.78. The van der Waals surface area contributed by atoms with Crippen molar-refractivity contribution in [1.82, 2.24) is 24.5 Å². The highest BCUT2D eigenvalue weighted by Gasteiger charge is 2.28. The van der Waals surface area contributed by atoms with Crippen LogP contribution in [0.15, 0.2) is 28.8 Å². The first kappa shape index (κ1) is 20.9. The van der Waals surface area contributed by atoms with Gasteiger partial charge in [0.15, 0.2) is 17.0 Å². The molecule has 0 N–H and O–H groups in total. The van der Waals surface area contributed by atoms with Gasteiger partial charge in [0.05, 0.1) is 17.6 Å². The maximum Gasteiger partial charge on any atom is 0.298 e. The van der Waals surface area contributed by atoms with E-state index in [2.05, 4.69) is 39.0 Å². The lowest BCUT2D eigenvalue weighted by Gasteiger charge is -2.36. The number of hydrogen-bond donors (Lipinski definition) is 0. The SMILES string of the molecule is Cc1cn2nc(-c3cc(F)c4nc(N(C)C5CCC(N(C)C)CC5)oc4c3)cc(C)c2n1. The monoisotopic (exact) mass is 436 g/mol. The highest BCUT2D eigenvalue weighted by Crippen LogP contribution is 2.32. The van der Waals surface area contributed by atoms with Gasteiger partial charge in [-0.05, 0) is 77.4 Å². The van der Waals surface area contributed by atoms with E-state index in [1.165, 1.54) is 6.07 Å². The van der Waals surface area contributed by atoms with Crippen LogP contribution in [0.2, 0.25) is 0 Å². The summed E-state index contributed by atoms with van der Waals surface area (Å²) in [6, 6.07) is 6.66. The van der Waals surface area contributed by atoms with E-state index >= 15 is 4.39 Å². The summed E-state index contributed by atoms with van der Waals surface area (Å²) >= 11 is 0. The molecule has 0 aliphatic heterocycles. The summed E-state index contributed by atoms with van der Waals surface area (Å²) < 4.78 is 22.8. The number of nitrogens with zero attached hydrogens (tertiary/aromatic N) is 6. The van der Waals surface area contributed by atoms with E-state index in [4.69, 9.17) is 4.42 Å². The summed E-state index contributed by atoms with van der Waals surface area (Å²) in [5, 5.41) is 4.62. The number of rotatable bonds is 4. The zero-order chi connectivity index (χ0) is 22.6. The Morgan fingerprint density at radius 2 is 1.72 bits per heavy atom. The summed E-state index contributed by atoms with van der Waals surface area (Å²) in [6.45, 7) is 3.91. The molecule has 0 spiro atoms. The molecule has 8 heteroatoms. The average Bonchev–Trinajstić information content (AvgIpc) is 3.37. The first-order valence-corrected chi connectivity index (χ1v) is 11.1. The quantitative estimate of drug-likeness (QED) is 0.466. The lowest BCUT2D eigenvalue weighted by atomic mass is 9.90. The Bertz CT molecular complexity index is 1280. The van der Waals surface area contributed by atoms with E-state index in [0.29, 0.717) is 34.9 Å². The first-order valence-electron chi connectivity index (χ1n) is 11.1. The topological polar surface area (TPSA) is 62.7 Å². The summed E-state index contributed by atoms with van der Waals surface area (Å²) in [5.41, 5.74) is 4.70. The lowest BCUT2D eigenvalue weighted by molar-refractivity contribution is 0.214. The van der Waals surface area contributed by atoms with Crippen LogP contribution in [0.5, 0.6) is 0 Å². The predicted octanol–water partition coefficient (Wildman–Crippen LogP) is 4.60. The standard InChI is InChI=1S/C24H29FN6O/c1-14-10-20(28-31-13-15(2)26-23(14)31)16-11-19(25)22-21(12-16)32-24(27-22)30(5)18-8-6-17(7-9-18)29(3)4/h10-13,17-18H,6-9H2,1-5H3. The van der Waals surface area contributed by atoms with Gasteiger partial charge in [-0.25, -0.2) is 13.9 Å². The van der Waals surface area contributed by atoms with E-state index < -0.39 is 5.82 Å². The Balaban J connectivity index is 1.46. The van der Waals surface area contributed by atoms with Crippen LogP contribution in [0, 0.1) is 19.7 Å². The second kappa shape index (κ2) is 7.85. The van der Waals surface area contributed by atoms with Gasteiger partial charge in [0, 0.05) is 24.7 Å². The van der Waals surface area contributed by atoms with Crippen molar-refractivity contribution in [2.45, 2.75) is 51.6 Å². The number of fused-ring (bicyclic) bond motifs is 2. The fraction of sp³-hybridized carbons (Fsp3) is 0.458. The molecule has 1 aliphatic rings. The summed E-state index contributed by atoms with van der Waals surface area (Å²) in [5.74, 6) is -0.404. The number of benzene rings is 1. The molecule has 1 aromatic carbocycles. The van der Waals surface area contributed by atoms with Gasteiger partial charge >= 0.3 is 0 Å². The predicted molar refractivity (Wildman–Crippen MR) is 124 cm³/mol. The molecule has 0 atom stereocenters. The van der Waals surface area contributed by atoms with Crippen molar-refractivity contribution < 1.29 is 8.81 Å². The van der Waals surface area contributed by atoms with E-state index in [0.717, 1.165) is 42.6 Å². The van der Waals surface area contributed by atoms with Gasteiger partial charge in [-0.2, -0.15) is 10.1 Å². The number of aryl methyl sites for hydroxylation is 2. The third kappa shape index (κ3) is 3.62. The highest BCUT2D eigenvalue weighted by atomic mass is 19.1. The number of anilines is 1. The van der Waals surface area contributed by atoms with Gasteiger partial charge in [-0.15, -0.1) is 0 Å². The van der Waals surface area contributed by atoms with Gasteiger partial charge in [-0.1, -0.05) is 0 Å². The van der Waals surface area contributed by atoms with Crippen molar-refractivity contribution in [2.24, 2.45) is 0 Å². The molecule has 5 rings (SSSR count). The second-order valence-corrected chi connectivity index (χ2v) is 9.20. The van der Waals surface area contributed by atoms with Crippen LogP contribution in [0.25, 0.3) is 28.0 Å². The molecular formula is C24H29FN6O. The largest absolute Gasteiger partial charge is 0.423 e. The van der Waals surface area contributed by atoms with Crippen LogP contribution in [0.1, 0.15) is 36.9 Å². The summed E-state index contributed by atoms with van der Waals surface area (Å²) in [7, 11) is 6.26. The average molecular weight is 437 g/mol. The normalized spacial score (nSPS) is 19.3. The molecule has 0 unspecified atom stereocenters. The number of hydrogen-bond acceptors (Lipinski definition) is 6. The van der Waals surface area contributed by atoms with E-state index in [1.807, 2.05) is 39.2 Å². The van der Waals surface area contributed by atoms with Crippen molar-refractivity contribution in [1.29, 1.82) is 0 Å². The van der Waals surface area contributed by atoms with Crippen LogP contribution in [-0.2, 0) is 0 Å². The van der Waals surface area contributed by atoms with E-state index in [-0.39, 0.29) is 5.52 Å². The third-order valence-corrected chi connectivity index (χ3v) is 6.71. The zero-order valence-electron chi connectivity index (χ0n) is 19.3. The molecule has 32 heavy (non-hydrogen) atoms. The van der Waals surface area contributed by atoms with Gasteiger partial charge in [-0.3, -0.25) is 0 Å². The van der Waals surface area contributed by atoms with Crippen LogP contribution in [-0.4, -0.2) is 57.7 Å². The minimum atomic E-state index is -0.404.